The van der Waals surface area contributed by atoms with Gasteiger partial charge in [-0.05, 0) is 66.9 Å². The van der Waals surface area contributed by atoms with Crippen molar-refractivity contribution in [2.75, 3.05) is 11.9 Å². The van der Waals surface area contributed by atoms with Crippen molar-refractivity contribution >= 4 is 40.0 Å². The molecule has 7 nitrogen and oxygen atoms in total. The van der Waals surface area contributed by atoms with E-state index in [1.807, 2.05) is 0 Å². The maximum absolute atomic E-state index is 12.7. The van der Waals surface area contributed by atoms with Gasteiger partial charge in [0.15, 0.2) is 0 Å². The van der Waals surface area contributed by atoms with Gasteiger partial charge in [-0.15, -0.1) is 11.3 Å². The molecule has 0 radical (unpaired) electrons. The second kappa shape index (κ2) is 9.65. The molecule has 0 aliphatic heterocycles. The molecule has 0 bridgehead atoms. The van der Waals surface area contributed by atoms with E-state index in [0.29, 0.717) is 22.0 Å². The number of carbonyl (C=O) groups is 2. The Bertz CT molecular complexity index is 1050. The van der Waals surface area contributed by atoms with Crippen molar-refractivity contribution in [1.29, 1.82) is 0 Å². The van der Waals surface area contributed by atoms with E-state index in [0.717, 1.165) is 29.7 Å². The number of anilines is 1. The van der Waals surface area contributed by atoms with Crippen molar-refractivity contribution in [3.63, 3.8) is 0 Å². The van der Waals surface area contributed by atoms with Crippen molar-refractivity contribution in [1.82, 2.24) is 0 Å². The van der Waals surface area contributed by atoms with Crippen molar-refractivity contribution in [3.05, 3.63) is 62.0 Å². The zero-order chi connectivity index (χ0) is 23.5. The molecule has 170 valence electrons. The first-order valence-corrected chi connectivity index (χ1v) is 11.5. The van der Waals surface area contributed by atoms with Crippen LogP contribution in [0.4, 0.5) is 10.7 Å². The maximum atomic E-state index is 12.7. The first-order valence-electron chi connectivity index (χ1n) is 10.6. The zero-order valence-electron chi connectivity index (χ0n) is 18.8. The highest BCUT2D eigenvalue weighted by molar-refractivity contribution is 7.17. The molecule has 1 unspecified atom stereocenters. The number of hydrogen-bond acceptors (Lipinski definition) is 6. The van der Waals surface area contributed by atoms with Gasteiger partial charge in [-0.1, -0.05) is 20.8 Å². The minimum Gasteiger partial charge on any atom is -0.462 e. The summed E-state index contributed by atoms with van der Waals surface area (Å²) in [4.78, 5) is 36.7. The largest absolute Gasteiger partial charge is 0.462 e. The lowest BCUT2D eigenvalue weighted by molar-refractivity contribution is -0.384. The maximum Gasteiger partial charge on any atom is 0.341 e. The van der Waals surface area contributed by atoms with Crippen molar-refractivity contribution < 1.29 is 19.2 Å². The summed E-state index contributed by atoms with van der Waals surface area (Å²) in [5.74, 6) is -0.275. The Balaban J connectivity index is 1.81. The summed E-state index contributed by atoms with van der Waals surface area (Å²) in [6.45, 7) is 8.72. The van der Waals surface area contributed by atoms with Crippen LogP contribution in [0.1, 0.15) is 60.5 Å². The molecule has 2 aromatic rings. The molecule has 32 heavy (non-hydrogen) atoms. The van der Waals surface area contributed by atoms with Crippen molar-refractivity contribution in [2.24, 2.45) is 11.3 Å². The number of nitrogens with zero attached hydrogens (tertiary/aromatic N) is 1. The Kier molecular flexibility index (Phi) is 7.13. The van der Waals surface area contributed by atoms with Gasteiger partial charge >= 0.3 is 5.97 Å². The fraction of sp³-hybridized carbons (Fsp3) is 0.417. The summed E-state index contributed by atoms with van der Waals surface area (Å²) in [6, 6.07) is 5.91. The van der Waals surface area contributed by atoms with Crippen LogP contribution in [0.2, 0.25) is 0 Å². The van der Waals surface area contributed by atoms with E-state index in [1.54, 1.807) is 25.1 Å². The summed E-state index contributed by atoms with van der Waals surface area (Å²) in [6.07, 6.45) is 5.59. The first-order chi connectivity index (χ1) is 15.1. The van der Waals surface area contributed by atoms with Crippen LogP contribution < -0.4 is 5.32 Å². The molecule has 3 rings (SSSR count). The number of nitro benzene ring substituents is 1. The van der Waals surface area contributed by atoms with Gasteiger partial charge in [0.2, 0.25) is 5.91 Å². The van der Waals surface area contributed by atoms with Gasteiger partial charge in [-0.25, -0.2) is 4.79 Å². The zero-order valence-corrected chi connectivity index (χ0v) is 19.6. The molecule has 1 atom stereocenters. The van der Waals surface area contributed by atoms with Gasteiger partial charge in [-0.3, -0.25) is 14.9 Å². The number of ether oxygens (including phenoxy) is 1. The third kappa shape index (κ3) is 5.43. The van der Waals surface area contributed by atoms with Crippen molar-refractivity contribution in [3.8, 4) is 0 Å². The molecule has 1 N–H and O–H groups in total. The van der Waals surface area contributed by atoms with Gasteiger partial charge < -0.3 is 10.1 Å². The highest BCUT2D eigenvalue weighted by atomic mass is 32.1. The summed E-state index contributed by atoms with van der Waals surface area (Å²) < 4.78 is 5.27. The van der Waals surface area contributed by atoms with Crippen LogP contribution in [0.15, 0.2) is 30.3 Å². The number of amides is 1. The Morgan fingerprint density at radius 1 is 1.28 bits per heavy atom. The minimum absolute atomic E-state index is 0.0107. The van der Waals surface area contributed by atoms with E-state index in [9.17, 15) is 19.7 Å². The monoisotopic (exact) mass is 456 g/mol. The van der Waals surface area contributed by atoms with Crippen molar-refractivity contribution in [2.45, 2.75) is 47.0 Å². The number of benzene rings is 1. The Hall–Kier alpha value is -3.00. The number of carbonyl (C=O) groups excluding carboxylic acids is 2. The number of nitrogens with one attached hydrogen (secondary N) is 1. The quantitative estimate of drug-likeness (QED) is 0.263. The number of thiophene rings is 1. The van der Waals surface area contributed by atoms with E-state index < -0.39 is 10.9 Å². The van der Waals surface area contributed by atoms with E-state index in [1.165, 1.54) is 29.5 Å². The molecular weight excluding hydrogens is 428 g/mol. The molecule has 1 aromatic heterocycles. The van der Waals surface area contributed by atoms with E-state index in [2.05, 4.69) is 26.1 Å². The van der Waals surface area contributed by atoms with E-state index >= 15 is 0 Å². The van der Waals surface area contributed by atoms with Crippen LogP contribution in [0.5, 0.6) is 0 Å². The molecule has 8 heteroatoms. The number of fused-ring (bicyclic) bond motifs is 1. The fourth-order valence-corrected chi connectivity index (χ4v) is 5.18. The highest BCUT2D eigenvalue weighted by Gasteiger charge is 2.34. The van der Waals surface area contributed by atoms with Crippen LogP contribution in [-0.4, -0.2) is 23.4 Å². The predicted octanol–water partition coefficient (Wildman–Crippen LogP) is 5.64. The Morgan fingerprint density at radius 3 is 2.56 bits per heavy atom. The third-order valence-corrected chi connectivity index (χ3v) is 6.91. The number of hydrogen-bond donors (Lipinski definition) is 1. The summed E-state index contributed by atoms with van der Waals surface area (Å²) >= 11 is 1.45. The van der Waals surface area contributed by atoms with Gasteiger partial charge in [0.25, 0.3) is 5.69 Å². The van der Waals surface area contributed by atoms with Gasteiger partial charge in [0.05, 0.1) is 17.1 Å². The standard InChI is InChI=1S/C24H28N2O5S/c1-5-31-23(28)21-18-12-9-16(24(2,3)4)14-19(18)32-22(21)25-20(27)13-8-15-6-10-17(11-7-15)26(29)30/h6-8,10-11,13,16H,5,9,12,14H2,1-4H3,(H,25,27). The molecule has 1 heterocycles. The van der Waals surface area contributed by atoms with Crippen LogP contribution >= 0.6 is 11.3 Å². The number of rotatable bonds is 6. The Labute approximate surface area is 191 Å². The molecular formula is C24H28N2O5S. The average Bonchev–Trinajstić information content (AvgIpc) is 3.09. The van der Waals surface area contributed by atoms with Crippen LogP contribution in [0.3, 0.4) is 0 Å². The number of esters is 1. The lowest BCUT2D eigenvalue weighted by Crippen LogP contribution is -2.26. The first kappa shape index (κ1) is 23.7. The molecule has 0 spiro atoms. The molecule has 0 saturated heterocycles. The minimum atomic E-state index is -0.472. The summed E-state index contributed by atoms with van der Waals surface area (Å²) in [5, 5.41) is 14.1. The predicted molar refractivity (Wildman–Crippen MR) is 126 cm³/mol. The molecule has 1 aliphatic carbocycles. The lowest BCUT2D eigenvalue weighted by atomic mass is 9.72. The van der Waals surface area contributed by atoms with E-state index in [-0.39, 0.29) is 23.6 Å². The second-order valence-corrected chi connectivity index (χ2v) is 10.0. The van der Waals surface area contributed by atoms with Gasteiger partial charge in [-0.2, -0.15) is 0 Å². The topological polar surface area (TPSA) is 98.5 Å². The molecule has 0 saturated carbocycles. The number of nitro groups is 1. The molecule has 0 fully saturated rings. The third-order valence-electron chi connectivity index (χ3n) is 5.74. The smallest absolute Gasteiger partial charge is 0.341 e. The van der Waals surface area contributed by atoms with E-state index in [4.69, 9.17) is 4.74 Å². The summed E-state index contributed by atoms with van der Waals surface area (Å²) in [5.41, 5.74) is 2.28. The normalized spacial score (nSPS) is 15.9. The fourth-order valence-electron chi connectivity index (χ4n) is 3.87. The van der Waals surface area contributed by atoms with Crippen LogP contribution in [-0.2, 0) is 22.4 Å². The second-order valence-electron chi connectivity index (χ2n) is 8.91. The van der Waals surface area contributed by atoms with Gasteiger partial charge in [0.1, 0.15) is 5.00 Å². The highest BCUT2D eigenvalue weighted by Crippen LogP contribution is 2.44. The summed E-state index contributed by atoms with van der Waals surface area (Å²) in [7, 11) is 0. The van der Waals surface area contributed by atoms with Crippen LogP contribution in [0, 0.1) is 21.4 Å². The molecule has 1 aliphatic rings. The number of non-ortho nitro benzene ring substituents is 1. The molecule has 1 aromatic carbocycles. The van der Waals surface area contributed by atoms with Crippen LogP contribution in [0.25, 0.3) is 6.08 Å². The average molecular weight is 457 g/mol. The molecule has 1 amide bonds. The SMILES string of the molecule is CCOC(=O)c1c(NC(=O)C=Cc2ccc([N+](=O)[O-])cc2)sc2c1CCC(C(C)(C)C)C2. The lowest BCUT2D eigenvalue weighted by Gasteiger charge is -2.33. The Morgan fingerprint density at radius 2 is 1.97 bits per heavy atom. The van der Waals surface area contributed by atoms with Gasteiger partial charge in [0, 0.05) is 23.1 Å².